The number of ether oxygens (including phenoxy) is 1. The summed E-state index contributed by atoms with van der Waals surface area (Å²) in [5, 5.41) is 0. The number of rotatable bonds is 3. The van der Waals surface area contributed by atoms with Crippen LogP contribution in [0.2, 0.25) is 0 Å². The van der Waals surface area contributed by atoms with Crippen molar-refractivity contribution in [3.63, 3.8) is 0 Å². The molecule has 0 spiro atoms. The maximum absolute atomic E-state index is 5.26. The lowest BCUT2D eigenvalue weighted by molar-refractivity contribution is 0.0360. The highest BCUT2D eigenvalue weighted by Crippen LogP contribution is 2.03. The number of nitrogens with zero attached hydrogens (tertiary/aromatic N) is 1. The van der Waals surface area contributed by atoms with Crippen LogP contribution < -0.4 is 0 Å². The Morgan fingerprint density at radius 2 is 1.69 bits per heavy atom. The first-order valence-corrected chi connectivity index (χ1v) is 4.59. The molecule has 0 radical (unpaired) electrons. The van der Waals surface area contributed by atoms with Crippen molar-refractivity contribution in [3.05, 3.63) is 0 Å². The first-order chi connectivity index (χ1) is 5.29. The van der Waals surface area contributed by atoms with Crippen molar-refractivity contribution in [2.24, 2.45) is 5.92 Å². The number of hydrogen-bond donors (Lipinski definition) is 0. The van der Waals surface area contributed by atoms with Gasteiger partial charge in [0.15, 0.2) is 0 Å². The monoisotopic (exact) mass is 189 g/mol. The molecule has 1 rings (SSSR count). The summed E-state index contributed by atoms with van der Waals surface area (Å²) in [5.41, 5.74) is 0. The van der Waals surface area contributed by atoms with Crippen LogP contribution in [0.4, 0.5) is 0 Å². The zero-order chi connectivity index (χ0) is 8.10. The van der Waals surface area contributed by atoms with Gasteiger partial charge in [-0.1, -0.05) is 28.7 Å². The average Bonchev–Trinajstić information content (AvgIpc) is 2.03. The van der Waals surface area contributed by atoms with Crippen LogP contribution in [-0.4, -0.2) is 37.7 Å². The van der Waals surface area contributed by atoms with Gasteiger partial charge < -0.3 is 4.74 Å². The van der Waals surface area contributed by atoms with Gasteiger partial charge in [0.2, 0.25) is 0 Å². The summed E-state index contributed by atoms with van der Waals surface area (Å²) in [6.07, 6.45) is 1.32. The molecule has 0 bridgehead atoms. The van der Waals surface area contributed by atoms with Gasteiger partial charge in [-0.15, -0.1) is 0 Å². The summed E-state index contributed by atoms with van der Waals surface area (Å²) in [6, 6.07) is 0. The molecule has 1 aliphatic heterocycles. The molecule has 13 heavy (non-hydrogen) atoms. The Balaban J connectivity index is 0. The van der Waals surface area contributed by atoms with Crippen LogP contribution in [0.3, 0.4) is 0 Å². The minimum atomic E-state index is 0. The molecule has 0 aromatic carbocycles. The molecule has 0 aromatic rings. The van der Waals surface area contributed by atoms with Crippen LogP contribution in [0, 0.1) is 5.92 Å². The maximum atomic E-state index is 5.26. The second-order valence-electron chi connectivity index (χ2n) is 3.64. The fourth-order valence-electron chi connectivity index (χ4n) is 1.27. The molecule has 1 fully saturated rings. The van der Waals surface area contributed by atoms with E-state index in [4.69, 9.17) is 4.74 Å². The lowest BCUT2D eigenvalue weighted by Gasteiger charge is -2.26. The molecule has 0 saturated carbocycles. The van der Waals surface area contributed by atoms with Gasteiger partial charge in [0.1, 0.15) is 0 Å². The van der Waals surface area contributed by atoms with Crippen molar-refractivity contribution in [3.8, 4) is 0 Å². The van der Waals surface area contributed by atoms with Crippen LogP contribution in [0.5, 0.6) is 0 Å². The van der Waals surface area contributed by atoms with E-state index in [9.17, 15) is 0 Å². The van der Waals surface area contributed by atoms with Crippen molar-refractivity contribution >= 4 is 0 Å². The predicted molar refractivity (Wildman–Crippen MR) is 60.2 cm³/mol. The lowest BCUT2D eigenvalue weighted by Crippen LogP contribution is -2.37. The first-order valence-electron chi connectivity index (χ1n) is 4.59. The number of hydrogen-bond acceptors (Lipinski definition) is 2. The Morgan fingerprint density at radius 1 is 1.15 bits per heavy atom. The van der Waals surface area contributed by atoms with Crippen LogP contribution >= 0.6 is 0 Å². The third kappa shape index (κ3) is 7.03. The topological polar surface area (TPSA) is 12.5 Å². The highest BCUT2D eigenvalue weighted by Gasteiger charge is 2.09. The smallest absolute Gasteiger partial charge is 0.0594 e. The van der Waals surface area contributed by atoms with E-state index >= 15 is 0 Å². The Morgan fingerprint density at radius 3 is 2.15 bits per heavy atom. The molecule has 1 saturated heterocycles. The number of morpholine rings is 1. The van der Waals surface area contributed by atoms with E-state index in [0.717, 1.165) is 32.2 Å². The molecule has 0 aromatic heterocycles. The molecule has 82 valence electrons. The lowest BCUT2D eigenvalue weighted by atomic mass is 10.1. The Labute approximate surface area is 84.3 Å². The van der Waals surface area contributed by atoms with E-state index in [1.54, 1.807) is 0 Å². The third-order valence-electron chi connectivity index (χ3n) is 2.13. The standard InChI is InChI=1S/C9H19NO.2CH4/c1-9(2)3-4-10-5-7-11-8-6-10;;/h9H,3-8H2,1-2H3;2*1H4. The van der Waals surface area contributed by atoms with Crippen LogP contribution in [-0.2, 0) is 4.74 Å². The van der Waals surface area contributed by atoms with E-state index in [1.165, 1.54) is 13.0 Å². The summed E-state index contributed by atoms with van der Waals surface area (Å²) < 4.78 is 5.26. The molecule has 0 unspecified atom stereocenters. The molecule has 2 heteroatoms. The van der Waals surface area contributed by atoms with E-state index in [0.29, 0.717) is 0 Å². The Kier molecular flexibility index (Phi) is 10.1. The Hall–Kier alpha value is -0.0800. The van der Waals surface area contributed by atoms with Crippen molar-refractivity contribution in [1.82, 2.24) is 4.90 Å². The van der Waals surface area contributed by atoms with Gasteiger partial charge in [-0.05, 0) is 18.9 Å². The van der Waals surface area contributed by atoms with Gasteiger partial charge in [0, 0.05) is 13.1 Å². The fraction of sp³-hybridized carbons (Fsp3) is 1.00. The van der Waals surface area contributed by atoms with Gasteiger partial charge in [-0.25, -0.2) is 0 Å². The van der Waals surface area contributed by atoms with E-state index in [2.05, 4.69) is 18.7 Å². The maximum Gasteiger partial charge on any atom is 0.0594 e. The molecular weight excluding hydrogens is 162 g/mol. The molecule has 0 atom stereocenters. The van der Waals surface area contributed by atoms with Crippen molar-refractivity contribution in [2.75, 3.05) is 32.8 Å². The molecule has 0 N–H and O–H groups in total. The highest BCUT2D eigenvalue weighted by atomic mass is 16.5. The molecule has 1 heterocycles. The zero-order valence-corrected chi connectivity index (χ0v) is 7.68. The minimum Gasteiger partial charge on any atom is -0.379 e. The van der Waals surface area contributed by atoms with Crippen molar-refractivity contribution in [2.45, 2.75) is 35.1 Å². The van der Waals surface area contributed by atoms with Gasteiger partial charge in [-0.2, -0.15) is 0 Å². The van der Waals surface area contributed by atoms with Gasteiger partial charge in [0.25, 0.3) is 0 Å². The van der Waals surface area contributed by atoms with Crippen molar-refractivity contribution < 1.29 is 4.74 Å². The normalized spacial score (nSPS) is 17.8. The first kappa shape index (κ1) is 15.4. The van der Waals surface area contributed by atoms with Crippen LogP contribution in [0.25, 0.3) is 0 Å². The predicted octanol–water partition coefficient (Wildman–Crippen LogP) is 2.64. The molecular formula is C11H27NO. The Bertz CT molecular complexity index is 98.3. The fourth-order valence-corrected chi connectivity index (χ4v) is 1.27. The summed E-state index contributed by atoms with van der Waals surface area (Å²) in [7, 11) is 0. The van der Waals surface area contributed by atoms with Crippen LogP contribution in [0.15, 0.2) is 0 Å². The molecule has 0 aliphatic carbocycles. The summed E-state index contributed by atoms with van der Waals surface area (Å²) in [5.74, 6) is 0.831. The second kappa shape index (κ2) is 8.52. The van der Waals surface area contributed by atoms with E-state index in [-0.39, 0.29) is 14.9 Å². The van der Waals surface area contributed by atoms with E-state index in [1.807, 2.05) is 0 Å². The van der Waals surface area contributed by atoms with Gasteiger partial charge >= 0.3 is 0 Å². The van der Waals surface area contributed by atoms with Crippen molar-refractivity contribution in [1.29, 1.82) is 0 Å². The largest absolute Gasteiger partial charge is 0.379 e. The second-order valence-corrected chi connectivity index (χ2v) is 3.64. The van der Waals surface area contributed by atoms with Gasteiger partial charge in [-0.3, -0.25) is 4.90 Å². The van der Waals surface area contributed by atoms with Crippen LogP contribution in [0.1, 0.15) is 35.1 Å². The SMILES string of the molecule is C.C.CC(C)CCN1CCOCC1. The molecule has 2 nitrogen and oxygen atoms in total. The highest BCUT2D eigenvalue weighted by molar-refractivity contribution is 4.62. The van der Waals surface area contributed by atoms with Gasteiger partial charge in [0.05, 0.1) is 13.2 Å². The minimum absolute atomic E-state index is 0. The molecule has 0 amide bonds. The third-order valence-corrected chi connectivity index (χ3v) is 2.13. The zero-order valence-electron chi connectivity index (χ0n) is 7.68. The summed E-state index contributed by atoms with van der Waals surface area (Å²) >= 11 is 0. The quantitative estimate of drug-likeness (QED) is 0.677. The summed E-state index contributed by atoms with van der Waals surface area (Å²) in [6.45, 7) is 9.93. The average molecular weight is 189 g/mol. The summed E-state index contributed by atoms with van der Waals surface area (Å²) in [4.78, 5) is 2.49. The van der Waals surface area contributed by atoms with E-state index < -0.39 is 0 Å². The molecule has 1 aliphatic rings.